The predicted octanol–water partition coefficient (Wildman–Crippen LogP) is 4.15. The van der Waals surface area contributed by atoms with Gasteiger partial charge in [0.2, 0.25) is 5.91 Å². The summed E-state index contributed by atoms with van der Waals surface area (Å²) in [5, 5.41) is 3.01. The lowest BCUT2D eigenvalue weighted by atomic mass is 9.87. The molecule has 2 aromatic carbocycles. The number of halogens is 1. The van der Waals surface area contributed by atoms with Crippen molar-refractivity contribution in [1.29, 1.82) is 0 Å². The van der Waals surface area contributed by atoms with Crippen molar-refractivity contribution < 1.29 is 18.7 Å². The zero-order valence-corrected chi connectivity index (χ0v) is 18.4. The Balaban J connectivity index is 1.47. The summed E-state index contributed by atoms with van der Waals surface area (Å²) in [6, 6.07) is 12.3. The predicted molar refractivity (Wildman–Crippen MR) is 119 cm³/mol. The Bertz CT molecular complexity index is 1030. The van der Waals surface area contributed by atoms with Crippen LogP contribution in [0.3, 0.4) is 0 Å². The van der Waals surface area contributed by atoms with E-state index in [0.29, 0.717) is 18.7 Å². The second-order valence-electron chi connectivity index (χ2n) is 9.17. The van der Waals surface area contributed by atoms with E-state index in [9.17, 15) is 14.0 Å². The Morgan fingerprint density at radius 2 is 1.97 bits per heavy atom. The topological polar surface area (TPSA) is 58.6 Å². The molecule has 0 unspecified atom stereocenters. The molecule has 5 nitrogen and oxygen atoms in total. The molecular formula is C26H29FN2O3. The third kappa shape index (κ3) is 4.36. The number of rotatable bonds is 7. The molecule has 0 radical (unpaired) electrons. The quantitative estimate of drug-likeness (QED) is 0.710. The number of fused-ring (bicyclic) bond motifs is 1. The van der Waals surface area contributed by atoms with E-state index < -0.39 is 6.10 Å². The molecule has 2 saturated carbocycles. The van der Waals surface area contributed by atoms with Crippen LogP contribution in [0.1, 0.15) is 61.8 Å². The Morgan fingerprint density at radius 3 is 2.66 bits per heavy atom. The highest BCUT2D eigenvalue weighted by atomic mass is 19.1. The summed E-state index contributed by atoms with van der Waals surface area (Å²) in [7, 11) is 0. The van der Waals surface area contributed by atoms with Crippen LogP contribution >= 0.6 is 0 Å². The van der Waals surface area contributed by atoms with Gasteiger partial charge in [-0.05, 0) is 79.5 Å². The number of carbonyl (C=O) groups excluding carboxylic acids is 2. The average molecular weight is 437 g/mol. The van der Waals surface area contributed by atoms with Crippen molar-refractivity contribution in [3.63, 3.8) is 0 Å². The molecule has 2 atom stereocenters. The average Bonchev–Trinajstić information content (AvgIpc) is 3.70. The summed E-state index contributed by atoms with van der Waals surface area (Å²) in [6.45, 7) is 2.55. The van der Waals surface area contributed by atoms with E-state index >= 15 is 0 Å². The van der Waals surface area contributed by atoms with Gasteiger partial charge in [0.25, 0.3) is 5.91 Å². The monoisotopic (exact) mass is 436 g/mol. The molecule has 5 rings (SSSR count). The number of hydrogen-bond acceptors (Lipinski definition) is 3. The molecule has 32 heavy (non-hydrogen) atoms. The molecule has 2 amide bonds. The van der Waals surface area contributed by atoms with Gasteiger partial charge in [-0.25, -0.2) is 4.39 Å². The van der Waals surface area contributed by atoms with Gasteiger partial charge in [-0.2, -0.15) is 0 Å². The summed E-state index contributed by atoms with van der Waals surface area (Å²) >= 11 is 0. The molecule has 1 heterocycles. The van der Waals surface area contributed by atoms with Crippen LogP contribution in [0.4, 0.5) is 4.39 Å². The normalized spacial score (nSPS) is 20.9. The molecule has 2 aromatic rings. The number of amides is 2. The van der Waals surface area contributed by atoms with Crippen molar-refractivity contribution in [1.82, 2.24) is 10.2 Å². The molecule has 0 spiro atoms. The molecule has 2 aliphatic carbocycles. The maximum absolute atomic E-state index is 14.1. The zero-order chi connectivity index (χ0) is 22.2. The summed E-state index contributed by atoms with van der Waals surface area (Å²) < 4.78 is 20.2. The summed E-state index contributed by atoms with van der Waals surface area (Å²) in [5.74, 6) is 0.432. The highest BCUT2D eigenvalue weighted by Crippen LogP contribution is 2.41. The SMILES string of the molecule is CC[C@H](Oc1ccc2c(c1)[C@H](c1cccc(F)c1)N(C(=O)C1CC1)CC2)C(=O)NC1CC1. The first kappa shape index (κ1) is 21.0. The van der Waals surface area contributed by atoms with Gasteiger partial charge in [-0.15, -0.1) is 0 Å². The van der Waals surface area contributed by atoms with Crippen LogP contribution in [0.15, 0.2) is 42.5 Å². The largest absolute Gasteiger partial charge is 0.481 e. The second kappa shape index (κ2) is 8.57. The summed E-state index contributed by atoms with van der Waals surface area (Å²) in [5.41, 5.74) is 2.84. The Morgan fingerprint density at radius 1 is 1.16 bits per heavy atom. The van der Waals surface area contributed by atoms with E-state index in [1.807, 2.05) is 36.1 Å². The van der Waals surface area contributed by atoms with Crippen molar-refractivity contribution >= 4 is 11.8 Å². The van der Waals surface area contributed by atoms with Gasteiger partial charge in [0.05, 0.1) is 6.04 Å². The standard InChI is InChI=1S/C26H29FN2O3/c1-2-23(25(30)28-20-9-10-20)32-21-11-8-16-12-13-29(26(31)17-6-7-17)24(22(16)15-21)18-4-3-5-19(27)14-18/h3-5,8,11,14-15,17,20,23-24H,2,6-7,9-10,12-13H2,1H3,(H,28,30)/t23-,24-/m0/s1. The van der Waals surface area contributed by atoms with E-state index in [4.69, 9.17) is 4.74 Å². The summed E-state index contributed by atoms with van der Waals surface area (Å²) in [6.07, 6.45) is 4.66. The summed E-state index contributed by atoms with van der Waals surface area (Å²) in [4.78, 5) is 27.5. The third-order valence-electron chi connectivity index (χ3n) is 6.59. The van der Waals surface area contributed by atoms with Crippen molar-refractivity contribution in [2.75, 3.05) is 6.54 Å². The van der Waals surface area contributed by atoms with Gasteiger partial charge >= 0.3 is 0 Å². The fourth-order valence-corrected chi connectivity index (χ4v) is 4.51. The maximum Gasteiger partial charge on any atom is 0.261 e. The van der Waals surface area contributed by atoms with Crippen LogP contribution in [-0.4, -0.2) is 35.4 Å². The highest BCUT2D eigenvalue weighted by Gasteiger charge is 2.40. The van der Waals surface area contributed by atoms with Crippen molar-refractivity contribution in [3.8, 4) is 5.75 Å². The molecule has 0 saturated heterocycles. The van der Waals surface area contributed by atoms with Crippen LogP contribution in [0.2, 0.25) is 0 Å². The number of benzene rings is 2. The second-order valence-corrected chi connectivity index (χ2v) is 9.17. The van der Waals surface area contributed by atoms with Crippen LogP contribution < -0.4 is 10.1 Å². The van der Waals surface area contributed by atoms with E-state index in [0.717, 1.165) is 48.8 Å². The van der Waals surface area contributed by atoms with Crippen LogP contribution in [0, 0.1) is 11.7 Å². The van der Waals surface area contributed by atoms with Gasteiger partial charge in [-0.3, -0.25) is 9.59 Å². The van der Waals surface area contributed by atoms with Crippen molar-refractivity contribution in [3.05, 3.63) is 65.0 Å². The van der Waals surface area contributed by atoms with Gasteiger partial charge in [-0.1, -0.05) is 25.1 Å². The molecule has 0 bridgehead atoms. The molecule has 1 aliphatic heterocycles. The van der Waals surface area contributed by atoms with Crippen LogP contribution in [-0.2, 0) is 16.0 Å². The number of hydrogen-bond donors (Lipinski definition) is 1. The zero-order valence-electron chi connectivity index (χ0n) is 18.4. The van der Waals surface area contributed by atoms with Crippen LogP contribution in [0.25, 0.3) is 0 Å². The third-order valence-corrected chi connectivity index (χ3v) is 6.59. The Kier molecular flexibility index (Phi) is 5.62. The first-order valence-electron chi connectivity index (χ1n) is 11.7. The number of nitrogens with one attached hydrogen (secondary N) is 1. The first-order valence-corrected chi connectivity index (χ1v) is 11.7. The Hall–Kier alpha value is -2.89. The van der Waals surface area contributed by atoms with Gasteiger partial charge < -0.3 is 15.0 Å². The van der Waals surface area contributed by atoms with Gasteiger partial charge in [0.1, 0.15) is 11.6 Å². The maximum atomic E-state index is 14.1. The molecule has 0 aromatic heterocycles. The minimum Gasteiger partial charge on any atom is -0.481 e. The fourth-order valence-electron chi connectivity index (χ4n) is 4.51. The smallest absolute Gasteiger partial charge is 0.261 e. The molecule has 168 valence electrons. The van der Waals surface area contributed by atoms with Crippen molar-refractivity contribution in [2.45, 2.75) is 63.6 Å². The minimum atomic E-state index is -0.561. The molecule has 2 fully saturated rings. The van der Waals surface area contributed by atoms with Crippen molar-refractivity contribution in [2.24, 2.45) is 5.92 Å². The molecular weight excluding hydrogens is 407 g/mol. The highest BCUT2D eigenvalue weighted by molar-refractivity contribution is 5.83. The minimum absolute atomic E-state index is 0.0834. The lowest BCUT2D eigenvalue weighted by molar-refractivity contribution is -0.134. The number of ether oxygens (including phenoxy) is 1. The Labute approximate surface area is 187 Å². The molecule has 1 N–H and O–H groups in total. The number of nitrogens with zero attached hydrogens (tertiary/aromatic N) is 1. The van der Waals surface area contributed by atoms with E-state index in [1.165, 1.54) is 12.1 Å². The van der Waals surface area contributed by atoms with Gasteiger partial charge in [0, 0.05) is 18.5 Å². The van der Waals surface area contributed by atoms with Gasteiger partial charge in [0.15, 0.2) is 6.10 Å². The van der Waals surface area contributed by atoms with Crippen LogP contribution in [0.5, 0.6) is 5.75 Å². The molecule has 3 aliphatic rings. The van der Waals surface area contributed by atoms with E-state index in [-0.39, 0.29) is 35.6 Å². The first-order chi connectivity index (χ1) is 15.5. The molecule has 6 heteroatoms. The van der Waals surface area contributed by atoms with E-state index in [2.05, 4.69) is 5.32 Å². The van der Waals surface area contributed by atoms with E-state index in [1.54, 1.807) is 6.07 Å². The fraction of sp³-hybridized carbons (Fsp3) is 0.462. The number of carbonyl (C=O) groups is 2. The lowest BCUT2D eigenvalue weighted by Crippen LogP contribution is -2.41. The lowest BCUT2D eigenvalue weighted by Gasteiger charge is -2.38.